The van der Waals surface area contributed by atoms with Gasteiger partial charge in [-0.3, -0.25) is 14.5 Å². The van der Waals surface area contributed by atoms with Gasteiger partial charge in [-0.05, 0) is 80.6 Å². The maximum Gasteiger partial charge on any atom is 0.300 e. The molecule has 1 aliphatic rings. The Balaban J connectivity index is 1.88. The zero-order chi connectivity index (χ0) is 27.6. The quantitative estimate of drug-likeness (QED) is 0.201. The molecule has 1 heterocycles. The number of ketones is 1. The van der Waals surface area contributed by atoms with Crippen molar-refractivity contribution in [1.82, 2.24) is 0 Å². The number of benzene rings is 3. The number of carbonyl (C=O) groups excluding carboxylic acids is 2. The van der Waals surface area contributed by atoms with Crippen molar-refractivity contribution in [2.45, 2.75) is 59.6 Å². The molecule has 0 aromatic heterocycles. The van der Waals surface area contributed by atoms with E-state index in [4.69, 9.17) is 9.47 Å². The van der Waals surface area contributed by atoms with Crippen molar-refractivity contribution < 1.29 is 24.2 Å². The van der Waals surface area contributed by atoms with Gasteiger partial charge in [-0.1, -0.05) is 44.2 Å². The lowest BCUT2D eigenvalue weighted by Crippen LogP contribution is -2.29. The van der Waals surface area contributed by atoms with E-state index >= 15 is 0 Å². The summed E-state index contributed by atoms with van der Waals surface area (Å²) in [6.07, 6.45) is -0.000247. The zero-order valence-electron chi connectivity index (χ0n) is 22.8. The van der Waals surface area contributed by atoms with Crippen LogP contribution in [-0.2, 0) is 9.59 Å². The molecular formula is C32H35NO5. The summed E-state index contributed by atoms with van der Waals surface area (Å²) < 4.78 is 11.5. The highest BCUT2D eigenvalue weighted by molar-refractivity contribution is 6.51. The molecule has 0 aliphatic carbocycles. The number of aliphatic hydroxyl groups is 1. The second-order valence-corrected chi connectivity index (χ2v) is 10.1. The number of carbonyl (C=O) groups is 2. The van der Waals surface area contributed by atoms with Gasteiger partial charge in [-0.15, -0.1) is 0 Å². The molecule has 0 bridgehead atoms. The average Bonchev–Trinajstić information content (AvgIpc) is 3.15. The summed E-state index contributed by atoms with van der Waals surface area (Å²) in [5.74, 6) is -0.0310. The number of anilines is 1. The second-order valence-electron chi connectivity index (χ2n) is 10.1. The maximum atomic E-state index is 13.5. The first-order chi connectivity index (χ1) is 18.1. The fraction of sp³-hybridized carbons (Fsp3) is 0.312. The molecule has 1 aliphatic heterocycles. The summed E-state index contributed by atoms with van der Waals surface area (Å²) in [5.41, 5.74) is 3.70. The first-order valence-electron chi connectivity index (χ1n) is 13.0. The normalized spacial score (nSPS) is 16.9. The number of rotatable bonds is 8. The Kier molecular flexibility index (Phi) is 7.91. The molecule has 1 fully saturated rings. The van der Waals surface area contributed by atoms with Gasteiger partial charge in [0.25, 0.3) is 11.7 Å². The number of nitrogens with zero attached hydrogens (tertiary/aromatic N) is 1. The Labute approximate surface area is 224 Å². The Morgan fingerprint density at radius 3 is 2.29 bits per heavy atom. The summed E-state index contributed by atoms with van der Waals surface area (Å²) in [5, 5.41) is 11.5. The number of hydrogen-bond acceptors (Lipinski definition) is 5. The van der Waals surface area contributed by atoms with E-state index in [1.54, 1.807) is 42.5 Å². The lowest BCUT2D eigenvalue weighted by atomic mass is 9.92. The molecule has 1 atom stereocenters. The topological polar surface area (TPSA) is 76.1 Å². The third kappa shape index (κ3) is 5.30. The van der Waals surface area contributed by atoms with Gasteiger partial charge in [0.2, 0.25) is 0 Å². The first kappa shape index (κ1) is 27.0. The number of aliphatic hydroxyl groups excluding tert-OH is 1. The smallest absolute Gasteiger partial charge is 0.300 e. The van der Waals surface area contributed by atoms with Gasteiger partial charge in [0.15, 0.2) is 0 Å². The molecule has 198 valence electrons. The molecule has 0 saturated carbocycles. The van der Waals surface area contributed by atoms with Crippen molar-refractivity contribution >= 4 is 23.1 Å². The van der Waals surface area contributed by atoms with Crippen LogP contribution in [0.5, 0.6) is 11.5 Å². The minimum absolute atomic E-state index is 0.000247. The first-order valence-corrected chi connectivity index (χ1v) is 13.0. The molecule has 6 heteroatoms. The number of hydrogen-bond donors (Lipinski definition) is 1. The Morgan fingerprint density at radius 2 is 1.68 bits per heavy atom. The minimum Gasteiger partial charge on any atom is -0.507 e. The predicted molar refractivity (Wildman–Crippen MR) is 150 cm³/mol. The van der Waals surface area contributed by atoms with Crippen LogP contribution in [0, 0.1) is 6.92 Å². The molecule has 38 heavy (non-hydrogen) atoms. The molecule has 1 saturated heterocycles. The lowest BCUT2D eigenvalue weighted by molar-refractivity contribution is -0.132. The van der Waals surface area contributed by atoms with Gasteiger partial charge < -0.3 is 14.6 Å². The SMILES string of the molecule is CCOc1cccc(N2C(=O)C(=O)/C(=C(\O)c3ccc(OC(C)C)c(C)c3)C2c2ccc(C(C)C)cc2)c1. The van der Waals surface area contributed by atoms with Crippen molar-refractivity contribution in [2.24, 2.45) is 0 Å². The molecule has 3 aromatic carbocycles. The molecule has 4 rings (SSSR count). The number of Topliss-reactive ketones (excluding diaryl/α,β-unsaturated/α-hetero) is 1. The highest BCUT2D eigenvalue weighted by Gasteiger charge is 2.47. The highest BCUT2D eigenvalue weighted by atomic mass is 16.5. The standard InChI is InChI=1S/C32H35NO5/c1-7-37-26-10-8-9-25(18-26)33-29(23-13-11-22(12-14-23)19(2)3)28(31(35)32(33)36)30(34)24-15-16-27(21(6)17-24)38-20(4)5/h8-20,29,34H,7H2,1-6H3/b30-28-. The van der Waals surface area contributed by atoms with Crippen molar-refractivity contribution in [3.63, 3.8) is 0 Å². The molecule has 1 N–H and O–H groups in total. The van der Waals surface area contributed by atoms with Gasteiger partial charge in [0.1, 0.15) is 17.3 Å². The average molecular weight is 514 g/mol. The third-order valence-electron chi connectivity index (χ3n) is 6.58. The molecule has 1 amide bonds. The largest absolute Gasteiger partial charge is 0.507 e. The predicted octanol–water partition coefficient (Wildman–Crippen LogP) is 6.93. The van der Waals surface area contributed by atoms with E-state index in [0.29, 0.717) is 35.3 Å². The van der Waals surface area contributed by atoms with E-state index in [1.165, 1.54) is 4.90 Å². The fourth-order valence-electron chi connectivity index (χ4n) is 4.71. The van der Waals surface area contributed by atoms with E-state index in [-0.39, 0.29) is 17.4 Å². The van der Waals surface area contributed by atoms with E-state index in [1.807, 2.05) is 52.0 Å². The van der Waals surface area contributed by atoms with Crippen molar-refractivity contribution in [2.75, 3.05) is 11.5 Å². The Morgan fingerprint density at radius 1 is 0.974 bits per heavy atom. The lowest BCUT2D eigenvalue weighted by Gasteiger charge is -2.26. The van der Waals surface area contributed by atoms with Crippen LogP contribution in [0.1, 0.15) is 68.8 Å². The second kappa shape index (κ2) is 11.1. The van der Waals surface area contributed by atoms with Crippen LogP contribution in [0.4, 0.5) is 5.69 Å². The van der Waals surface area contributed by atoms with Crippen LogP contribution in [0.3, 0.4) is 0 Å². The summed E-state index contributed by atoms with van der Waals surface area (Å²) in [7, 11) is 0. The molecule has 0 spiro atoms. The zero-order valence-corrected chi connectivity index (χ0v) is 22.8. The van der Waals surface area contributed by atoms with E-state index < -0.39 is 17.7 Å². The van der Waals surface area contributed by atoms with Crippen LogP contribution in [0.2, 0.25) is 0 Å². The molecule has 1 unspecified atom stereocenters. The van der Waals surface area contributed by atoms with E-state index in [0.717, 1.165) is 16.7 Å². The van der Waals surface area contributed by atoms with Crippen LogP contribution in [0.25, 0.3) is 5.76 Å². The highest BCUT2D eigenvalue weighted by Crippen LogP contribution is 2.43. The van der Waals surface area contributed by atoms with Gasteiger partial charge in [-0.2, -0.15) is 0 Å². The van der Waals surface area contributed by atoms with Gasteiger partial charge in [-0.25, -0.2) is 0 Å². The number of aryl methyl sites for hydroxylation is 1. The number of ether oxygens (including phenoxy) is 2. The Hall–Kier alpha value is -4.06. The van der Waals surface area contributed by atoms with Crippen LogP contribution in [0.15, 0.2) is 72.3 Å². The molecule has 3 aromatic rings. The van der Waals surface area contributed by atoms with Gasteiger partial charge in [0, 0.05) is 17.3 Å². The van der Waals surface area contributed by atoms with Crippen molar-refractivity contribution in [3.8, 4) is 11.5 Å². The fourth-order valence-corrected chi connectivity index (χ4v) is 4.71. The van der Waals surface area contributed by atoms with Crippen LogP contribution >= 0.6 is 0 Å². The van der Waals surface area contributed by atoms with Crippen molar-refractivity contribution in [3.05, 3.63) is 94.6 Å². The molecule has 6 nitrogen and oxygen atoms in total. The van der Waals surface area contributed by atoms with Gasteiger partial charge >= 0.3 is 0 Å². The molecule has 0 radical (unpaired) electrons. The Bertz CT molecular complexity index is 1370. The van der Waals surface area contributed by atoms with E-state index in [9.17, 15) is 14.7 Å². The summed E-state index contributed by atoms with van der Waals surface area (Å²) in [6, 6.07) is 19.4. The van der Waals surface area contributed by atoms with Crippen LogP contribution < -0.4 is 14.4 Å². The minimum atomic E-state index is -0.806. The third-order valence-corrected chi connectivity index (χ3v) is 6.58. The van der Waals surface area contributed by atoms with Crippen LogP contribution in [-0.4, -0.2) is 29.5 Å². The summed E-state index contributed by atoms with van der Waals surface area (Å²) in [6.45, 7) is 12.3. The summed E-state index contributed by atoms with van der Waals surface area (Å²) in [4.78, 5) is 28.4. The monoisotopic (exact) mass is 513 g/mol. The van der Waals surface area contributed by atoms with Crippen molar-refractivity contribution in [1.29, 1.82) is 0 Å². The maximum absolute atomic E-state index is 13.5. The number of amides is 1. The van der Waals surface area contributed by atoms with E-state index in [2.05, 4.69) is 13.8 Å². The molecular weight excluding hydrogens is 478 g/mol. The summed E-state index contributed by atoms with van der Waals surface area (Å²) >= 11 is 0. The van der Waals surface area contributed by atoms with Gasteiger partial charge in [0.05, 0.1) is 24.3 Å².